The number of rotatable bonds is 4. The van der Waals surface area contributed by atoms with Gasteiger partial charge in [0.25, 0.3) is 5.91 Å². The van der Waals surface area contributed by atoms with Crippen molar-refractivity contribution in [2.45, 2.75) is 12.6 Å². The molecule has 0 spiro atoms. The molecule has 2 aliphatic rings. The summed E-state index contributed by atoms with van der Waals surface area (Å²) in [4.78, 5) is 28.8. The van der Waals surface area contributed by atoms with Crippen molar-refractivity contribution in [3.05, 3.63) is 99.4 Å². The van der Waals surface area contributed by atoms with Gasteiger partial charge in [0.15, 0.2) is 16.9 Å². The normalized spacial score (nSPS) is 16.3. The van der Waals surface area contributed by atoms with Crippen LogP contribution < -0.4 is 19.6 Å². The molecular weight excluding hydrogens is 422 g/mol. The average molecular weight is 441 g/mol. The van der Waals surface area contributed by atoms with E-state index in [0.29, 0.717) is 33.8 Å². The molecule has 0 bridgehead atoms. The lowest BCUT2D eigenvalue weighted by Gasteiger charge is -2.25. The summed E-state index contributed by atoms with van der Waals surface area (Å²) in [5.41, 5.74) is 2.15. The molecule has 0 radical (unpaired) electrons. The number of methoxy groups -OCH3 is 1. The number of nitrogens with zero attached hydrogens (tertiary/aromatic N) is 1. The average Bonchev–Trinajstić information content (AvgIpc) is 3.42. The van der Waals surface area contributed by atoms with E-state index in [1.54, 1.807) is 36.3 Å². The second-order valence-corrected chi connectivity index (χ2v) is 7.97. The van der Waals surface area contributed by atoms with E-state index in [0.717, 1.165) is 11.1 Å². The van der Waals surface area contributed by atoms with Crippen LogP contribution in [0.3, 0.4) is 0 Å². The third-order valence-corrected chi connectivity index (χ3v) is 6.07. The van der Waals surface area contributed by atoms with Crippen molar-refractivity contribution in [2.75, 3.05) is 13.9 Å². The van der Waals surface area contributed by atoms with E-state index in [2.05, 4.69) is 0 Å². The van der Waals surface area contributed by atoms with Crippen LogP contribution in [0.1, 0.15) is 33.3 Å². The molecule has 1 atom stereocenters. The number of hydrogen-bond acceptors (Lipinski definition) is 6. The molecule has 0 fully saturated rings. The summed E-state index contributed by atoms with van der Waals surface area (Å²) in [5.74, 6) is 1.68. The zero-order valence-corrected chi connectivity index (χ0v) is 17.7. The monoisotopic (exact) mass is 441 g/mol. The summed E-state index contributed by atoms with van der Waals surface area (Å²) in [7, 11) is 1.58. The Labute approximate surface area is 188 Å². The highest BCUT2D eigenvalue weighted by Gasteiger charge is 2.43. The summed E-state index contributed by atoms with van der Waals surface area (Å²) in [5, 5.41) is 0.446. The van der Waals surface area contributed by atoms with Gasteiger partial charge in [0, 0.05) is 6.54 Å². The van der Waals surface area contributed by atoms with Gasteiger partial charge in [-0.25, -0.2) is 0 Å². The Morgan fingerprint density at radius 3 is 2.70 bits per heavy atom. The van der Waals surface area contributed by atoms with E-state index in [4.69, 9.17) is 18.6 Å². The molecule has 7 nitrogen and oxygen atoms in total. The Balaban J connectivity index is 1.52. The van der Waals surface area contributed by atoms with Crippen LogP contribution in [0.15, 0.2) is 75.9 Å². The molecule has 1 aromatic heterocycles. The van der Waals surface area contributed by atoms with Gasteiger partial charge in [0.05, 0.1) is 24.1 Å². The van der Waals surface area contributed by atoms with Crippen molar-refractivity contribution in [2.24, 2.45) is 0 Å². The molecule has 7 heteroatoms. The molecule has 2 aliphatic heterocycles. The van der Waals surface area contributed by atoms with Gasteiger partial charge in [-0.3, -0.25) is 9.59 Å². The molecule has 33 heavy (non-hydrogen) atoms. The number of ether oxygens (including phenoxy) is 3. The smallest absolute Gasteiger partial charge is 0.291 e. The van der Waals surface area contributed by atoms with E-state index in [9.17, 15) is 9.59 Å². The Bertz CT molecular complexity index is 1470. The second-order valence-electron chi connectivity index (χ2n) is 7.97. The predicted molar refractivity (Wildman–Crippen MR) is 120 cm³/mol. The Hall–Kier alpha value is -4.26. The van der Waals surface area contributed by atoms with Gasteiger partial charge >= 0.3 is 0 Å². The summed E-state index contributed by atoms with van der Waals surface area (Å²) in [6.07, 6.45) is 0. The lowest BCUT2D eigenvalue weighted by molar-refractivity contribution is 0.0714. The minimum absolute atomic E-state index is 0.0762. The molecule has 164 valence electrons. The largest absolute Gasteiger partial charge is 0.497 e. The van der Waals surface area contributed by atoms with Crippen LogP contribution in [-0.2, 0) is 6.54 Å². The molecule has 6 rings (SSSR count). The standard InChI is InChI=1S/C26H19NO6/c1-30-17-6-4-5-16(12-17)23-22-24(28)18-7-2-3-8-19(18)33-25(22)26(29)27(23)13-15-9-10-20-21(11-15)32-14-31-20/h2-12,23H,13-14H2,1H3/t23-/m1/s1. The summed E-state index contributed by atoms with van der Waals surface area (Å²) >= 11 is 0. The molecule has 0 unspecified atom stereocenters. The molecule has 0 saturated heterocycles. The van der Waals surface area contributed by atoms with E-state index >= 15 is 0 Å². The highest BCUT2D eigenvalue weighted by molar-refractivity contribution is 5.99. The minimum Gasteiger partial charge on any atom is -0.497 e. The number of para-hydroxylation sites is 1. The number of benzene rings is 3. The van der Waals surface area contributed by atoms with Crippen molar-refractivity contribution in [1.82, 2.24) is 4.90 Å². The first-order valence-corrected chi connectivity index (χ1v) is 10.5. The second kappa shape index (κ2) is 7.41. The molecule has 3 heterocycles. The van der Waals surface area contributed by atoms with Crippen molar-refractivity contribution >= 4 is 16.9 Å². The first-order chi connectivity index (χ1) is 16.1. The molecular formula is C26H19NO6. The van der Waals surface area contributed by atoms with Crippen molar-refractivity contribution < 1.29 is 23.4 Å². The van der Waals surface area contributed by atoms with E-state index in [1.807, 2.05) is 42.5 Å². The van der Waals surface area contributed by atoms with Gasteiger partial charge in [-0.1, -0.05) is 30.3 Å². The first kappa shape index (κ1) is 19.4. The van der Waals surface area contributed by atoms with Gasteiger partial charge in [-0.15, -0.1) is 0 Å². The van der Waals surface area contributed by atoms with Crippen LogP contribution in [0.25, 0.3) is 11.0 Å². The van der Waals surface area contributed by atoms with Crippen LogP contribution in [0.4, 0.5) is 0 Å². The number of carbonyl (C=O) groups excluding carboxylic acids is 1. The number of carbonyl (C=O) groups is 1. The molecule has 0 aliphatic carbocycles. The van der Waals surface area contributed by atoms with Crippen LogP contribution in [0.2, 0.25) is 0 Å². The molecule has 4 aromatic rings. The highest BCUT2D eigenvalue weighted by Crippen LogP contribution is 2.41. The Morgan fingerprint density at radius 1 is 0.970 bits per heavy atom. The SMILES string of the molecule is COc1cccc([C@@H]2c3c(oc4ccccc4c3=O)C(=O)N2Cc2ccc3c(c2)OCO3)c1. The first-order valence-electron chi connectivity index (χ1n) is 10.5. The van der Waals surface area contributed by atoms with Gasteiger partial charge in [0.2, 0.25) is 12.6 Å². The lowest BCUT2D eigenvalue weighted by atomic mass is 9.98. The van der Waals surface area contributed by atoms with Crippen LogP contribution in [0, 0.1) is 0 Å². The van der Waals surface area contributed by atoms with E-state index in [-0.39, 0.29) is 30.4 Å². The van der Waals surface area contributed by atoms with Gasteiger partial charge in [-0.2, -0.15) is 0 Å². The molecule has 0 saturated carbocycles. The van der Waals surface area contributed by atoms with Gasteiger partial charge in [-0.05, 0) is 47.5 Å². The van der Waals surface area contributed by atoms with Crippen LogP contribution in [0.5, 0.6) is 17.2 Å². The number of fused-ring (bicyclic) bond motifs is 3. The topological polar surface area (TPSA) is 78.2 Å². The quantitative estimate of drug-likeness (QED) is 0.471. The number of hydrogen-bond donors (Lipinski definition) is 0. The summed E-state index contributed by atoms with van der Waals surface area (Å²) in [6, 6.07) is 19.3. The maximum Gasteiger partial charge on any atom is 0.291 e. The van der Waals surface area contributed by atoms with E-state index in [1.165, 1.54) is 0 Å². The fourth-order valence-corrected chi connectivity index (χ4v) is 4.52. The maximum absolute atomic E-state index is 13.6. The third-order valence-electron chi connectivity index (χ3n) is 6.07. The van der Waals surface area contributed by atoms with Crippen LogP contribution in [-0.4, -0.2) is 24.7 Å². The van der Waals surface area contributed by atoms with Crippen molar-refractivity contribution in [3.8, 4) is 17.2 Å². The highest BCUT2D eigenvalue weighted by atomic mass is 16.7. The van der Waals surface area contributed by atoms with Crippen LogP contribution >= 0.6 is 0 Å². The zero-order valence-electron chi connectivity index (χ0n) is 17.7. The third kappa shape index (κ3) is 3.04. The molecule has 3 aromatic carbocycles. The molecule has 0 N–H and O–H groups in total. The summed E-state index contributed by atoms with van der Waals surface area (Å²) < 4.78 is 22.3. The van der Waals surface area contributed by atoms with Gasteiger partial charge < -0.3 is 23.5 Å². The minimum atomic E-state index is -0.617. The van der Waals surface area contributed by atoms with Crippen molar-refractivity contribution in [1.29, 1.82) is 0 Å². The Morgan fingerprint density at radius 2 is 1.82 bits per heavy atom. The summed E-state index contributed by atoms with van der Waals surface area (Å²) in [6.45, 7) is 0.432. The fourth-order valence-electron chi connectivity index (χ4n) is 4.52. The zero-order chi connectivity index (χ0) is 22.5. The van der Waals surface area contributed by atoms with Gasteiger partial charge in [0.1, 0.15) is 11.3 Å². The lowest BCUT2D eigenvalue weighted by Crippen LogP contribution is -2.29. The van der Waals surface area contributed by atoms with Crippen molar-refractivity contribution in [3.63, 3.8) is 0 Å². The molecule has 1 amide bonds. The fraction of sp³-hybridized carbons (Fsp3) is 0.154. The predicted octanol–water partition coefficient (Wildman–Crippen LogP) is 4.28. The maximum atomic E-state index is 13.6. The van der Waals surface area contributed by atoms with E-state index < -0.39 is 6.04 Å². The Kier molecular flexibility index (Phi) is 4.36. The number of amides is 1.